The second-order valence-corrected chi connectivity index (χ2v) is 12.3. The van der Waals surface area contributed by atoms with E-state index in [4.69, 9.17) is 11.6 Å². The van der Waals surface area contributed by atoms with Gasteiger partial charge in [0.15, 0.2) is 0 Å². The van der Waals surface area contributed by atoms with E-state index < -0.39 is 24.0 Å². The summed E-state index contributed by atoms with van der Waals surface area (Å²) in [7, 11) is 1.69. The summed E-state index contributed by atoms with van der Waals surface area (Å²) in [4.78, 5) is 56.5. The van der Waals surface area contributed by atoms with Crippen molar-refractivity contribution in [3.8, 4) is 0 Å². The number of aryl methyl sites for hydroxylation is 1. The van der Waals surface area contributed by atoms with Gasteiger partial charge in [-0.25, -0.2) is 0 Å². The first-order chi connectivity index (χ1) is 21.2. The minimum atomic E-state index is -0.761. The third kappa shape index (κ3) is 8.92. The zero-order valence-corrected chi connectivity index (χ0v) is 26.6. The van der Waals surface area contributed by atoms with Crippen LogP contribution in [0.5, 0.6) is 0 Å². The molecule has 236 valence electrons. The fourth-order valence-electron chi connectivity index (χ4n) is 5.75. The van der Waals surface area contributed by atoms with Crippen molar-refractivity contribution in [1.82, 2.24) is 25.8 Å². The zero-order valence-electron chi connectivity index (χ0n) is 25.9. The van der Waals surface area contributed by atoms with E-state index in [1.54, 1.807) is 31.3 Å². The van der Waals surface area contributed by atoms with Gasteiger partial charge < -0.3 is 25.8 Å². The minimum absolute atomic E-state index is 0.00630. The van der Waals surface area contributed by atoms with Crippen LogP contribution in [0.2, 0.25) is 5.02 Å². The Labute approximate surface area is 265 Å². The van der Waals surface area contributed by atoms with E-state index in [0.717, 1.165) is 48.8 Å². The van der Waals surface area contributed by atoms with E-state index >= 15 is 0 Å². The van der Waals surface area contributed by atoms with Crippen LogP contribution < -0.4 is 16.0 Å². The van der Waals surface area contributed by atoms with Crippen LogP contribution in [0.1, 0.15) is 55.7 Å². The first kappa shape index (κ1) is 33.2. The Balaban J connectivity index is 1.47. The average Bonchev–Trinajstić information content (AvgIpc) is 3.04. The van der Waals surface area contributed by atoms with E-state index in [1.165, 1.54) is 4.90 Å². The van der Waals surface area contributed by atoms with Crippen LogP contribution >= 0.6 is 11.6 Å². The first-order valence-corrected chi connectivity index (χ1v) is 15.9. The molecular weight excluding hydrogens is 578 g/mol. The SMILES string of the molecule is CN[C@@H](C)C(=O)N[C@H](C(=O)NCC(=O)N1C=CN(CCc2ccc(Cl)cc2)C(=O)[C@@H]1Cc1ccc(C)cc1)C1CCCCC1. The van der Waals surface area contributed by atoms with Crippen molar-refractivity contribution < 1.29 is 19.2 Å². The second kappa shape index (κ2) is 15.9. The molecule has 1 heterocycles. The topological polar surface area (TPSA) is 111 Å². The number of hydrogen-bond donors (Lipinski definition) is 3. The molecule has 0 radical (unpaired) electrons. The lowest BCUT2D eigenvalue weighted by Crippen LogP contribution is -2.57. The maximum absolute atomic E-state index is 13.8. The van der Waals surface area contributed by atoms with Crippen LogP contribution in [0.4, 0.5) is 0 Å². The van der Waals surface area contributed by atoms with Crippen molar-refractivity contribution in [1.29, 1.82) is 0 Å². The largest absolute Gasteiger partial charge is 0.345 e. The predicted molar refractivity (Wildman–Crippen MR) is 172 cm³/mol. The van der Waals surface area contributed by atoms with Crippen molar-refractivity contribution >= 4 is 35.2 Å². The summed E-state index contributed by atoms with van der Waals surface area (Å²) in [6.07, 6.45) is 9.03. The van der Waals surface area contributed by atoms with Gasteiger partial charge in [-0.05, 0) is 69.3 Å². The smallest absolute Gasteiger partial charge is 0.250 e. The summed E-state index contributed by atoms with van der Waals surface area (Å²) < 4.78 is 0. The average molecular weight is 622 g/mol. The van der Waals surface area contributed by atoms with Crippen LogP contribution in [-0.2, 0) is 32.0 Å². The molecule has 9 nitrogen and oxygen atoms in total. The van der Waals surface area contributed by atoms with Crippen LogP contribution in [0.3, 0.4) is 0 Å². The molecule has 0 saturated heterocycles. The Bertz CT molecular complexity index is 1320. The number of halogens is 1. The van der Waals surface area contributed by atoms with Gasteiger partial charge in [-0.2, -0.15) is 0 Å². The van der Waals surface area contributed by atoms with Crippen LogP contribution in [0.15, 0.2) is 60.9 Å². The summed E-state index contributed by atoms with van der Waals surface area (Å²) in [5, 5.41) is 9.25. The van der Waals surface area contributed by atoms with Gasteiger partial charge in [-0.3, -0.25) is 19.2 Å². The molecule has 0 bridgehead atoms. The van der Waals surface area contributed by atoms with Crippen molar-refractivity contribution in [2.24, 2.45) is 5.92 Å². The van der Waals surface area contributed by atoms with Gasteiger partial charge >= 0.3 is 0 Å². The van der Waals surface area contributed by atoms with Gasteiger partial charge in [0.05, 0.1) is 12.6 Å². The molecule has 1 fully saturated rings. The number of likely N-dealkylation sites (N-methyl/N-ethyl adjacent to an activating group) is 1. The fraction of sp³-hybridized carbons (Fsp3) is 0.471. The highest BCUT2D eigenvalue weighted by molar-refractivity contribution is 6.30. The Morgan fingerprint density at radius 3 is 2.25 bits per heavy atom. The molecule has 2 aromatic carbocycles. The summed E-state index contributed by atoms with van der Waals surface area (Å²) >= 11 is 6.02. The Hall–Kier alpha value is -3.69. The third-order valence-electron chi connectivity index (χ3n) is 8.65. The van der Waals surface area contributed by atoms with Gasteiger partial charge in [0.2, 0.25) is 23.6 Å². The quantitative estimate of drug-likeness (QED) is 0.335. The number of nitrogens with one attached hydrogen (secondary N) is 3. The highest BCUT2D eigenvalue weighted by atomic mass is 35.5. The summed E-state index contributed by atoms with van der Waals surface area (Å²) in [5.41, 5.74) is 3.09. The van der Waals surface area contributed by atoms with Crippen LogP contribution in [0, 0.1) is 12.8 Å². The minimum Gasteiger partial charge on any atom is -0.345 e. The zero-order chi connectivity index (χ0) is 31.6. The number of carbonyl (C=O) groups is 4. The fourth-order valence-corrected chi connectivity index (χ4v) is 5.88. The molecule has 10 heteroatoms. The maximum atomic E-state index is 13.8. The molecule has 0 unspecified atom stereocenters. The number of nitrogens with zero attached hydrogens (tertiary/aromatic N) is 2. The van der Waals surface area contributed by atoms with Crippen LogP contribution in [-0.4, -0.2) is 71.7 Å². The lowest BCUT2D eigenvalue weighted by molar-refractivity contribution is -0.143. The van der Waals surface area contributed by atoms with Gasteiger partial charge in [0.1, 0.15) is 12.1 Å². The van der Waals surface area contributed by atoms with E-state index in [-0.39, 0.29) is 30.2 Å². The van der Waals surface area contributed by atoms with E-state index in [0.29, 0.717) is 24.4 Å². The van der Waals surface area contributed by atoms with Gasteiger partial charge in [0, 0.05) is 30.4 Å². The molecule has 4 amide bonds. The molecule has 2 aromatic rings. The molecule has 0 aromatic heterocycles. The van der Waals surface area contributed by atoms with E-state index in [2.05, 4.69) is 16.0 Å². The van der Waals surface area contributed by atoms with Gasteiger partial charge in [-0.1, -0.05) is 72.8 Å². The van der Waals surface area contributed by atoms with E-state index in [9.17, 15) is 19.2 Å². The molecule has 1 aliphatic heterocycles. The lowest BCUT2D eigenvalue weighted by Gasteiger charge is -2.36. The number of amides is 4. The Morgan fingerprint density at radius 1 is 0.932 bits per heavy atom. The number of hydrogen-bond acceptors (Lipinski definition) is 5. The highest BCUT2D eigenvalue weighted by Crippen LogP contribution is 2.27. The first-order valence-electron chi connectivity index (χ1n) is 15.5. The van der Waals surface area contributed by atoms with Gasteiger partial charge in [-0.15, -0.1) is 0 Å². The molecule has 0 spiro atoms. The summed E-state index contributed by atoms with van der Waals surface area (Å²) in [5.74, 6) is -1.21. The van der Waals surface area contributed by atoms with Crippen molar-refractivity contribution in [2.45, 2.75) is 76.9 Å². The third-order valence-corrected chi connectivity index (χ3v) is 8.90. The van der Waals surface area contributed by atoms with Crippen LogP contribution in [0.25, 0.3) is 0 Å². The van der Waals surface area contributed by atoms with Gasteiger partial charge in [0.25, 0.3) is 0 Å². The molecule has 2 aliphatic rings. The number of benzene rings is 2. The molecule has 1 saturated carbocycles. The standard InChI is InChI=1S/C34H44ClN5O4/c1-23-9-11-26(12-10-23)21-29-34(44)39(18-17-25-13-15-28(35)16-14-25)19-20-40(29)30(41)22-37-33(43)31(27-7-5-4-6-8-27)38-32(42)24(2)36-3/h9-16,19-20,24,27,29,31,36H,4-8,17-18,21-22H2,1-3H3,(H,37,43)(H,38,42)/t24-,29-,31-/m0/s1. The van der Waals surface area contributed by atoms with Crippen molar-refractivity contribution in [2.75, 3.05) is 20.1 Å². The lowest BCUT2D eigenvalue weighted by atomic mass is 9.83. The predicted octanol–water partition coefficient (Wildman–Crippen LogP) is 3.73. The molecule has 1 aliphatic carbocycles. The number of carbonyl (C=O) groups excluding carboxylic acids is 4. The molecule has 44 heavy (non-hydrogen) atoms. The Morgan fingerprint density at radius 2 is 1.59 bits per heavy atom. The summed E-state index contributed by atoms with van der Waals surface area (Å²) in [6, 6.07) is 13.5. The normalized spacial score (nSPS) is 18.5. The summed E-state index contributed by atoms with van der Waals surface area (Å²) in [6.45, 7) is 3.90. The second-order valence-electron chi connectivity index (χ2n) is 11.8. The molecule has 3 N–H and O–H groups in total. The highest BCUT2D eigenvalue weighted by Gasteiger charge is 2.36. The Kier molecular flexibility index (Phi) is 12.0. The van der Waals surface area contributed by atoms with E-state index in [1.807, 2.05) is 55.5 Å². The monoisotopic (exact) mass is 621 g/mol. The number of rotatable bonds is 12. The van der Waals surface area contributed by atoms with Crippen molar-refractivity contribution in [3.05, 3.63) is 82.6 Å². The molecular formula is C34H44ClN5O4. The molecule has 3 atom stereocenters. The molecule has 4 rings (SSSR count). The van der Waals surface area contributed by atoms with Crippen molar-refractivity contribution in [3.63, 3.8) is 0 Å². The maximum Gasteiger partial charge on any atom is 0.250 e.